The summed E-state index contributed by atoms with van der Waals surface area (Å²) in [6.45, 7) is -0.185. The molecule has 1 rings (SSSR count). The van der Waals surface area contributed by atoms with Crippen LogP contribution in [0.3, 0.4) is 0 Å². The molecule has 5 heteroatoms. The van der Waals surface area contributed by atoms with E-state index in [4.69, 9.17) is 19.3 Å². The summed E-state index contributed by atoms with van der Waals surface area (Å²) in [5, 5.41) is 8.74. The molecule has 5 nitrogen and oxygen atoms in total. The van der Waals surface area contributed by atoms with Gasteiger partial charge in [-0.05, 0) is 12.1 Å². The number of benzene rings is 1. The number of hydrogen-bond acceptors (Lipinski definition) is 5. The minimum absolute atomic E-state index is 0.0681. The van der Waals surface area contributed by atoms with E-state index in [1.54, 1.807) is 12.1 Å². The van der Waals surface area contributed by atoms with Crippen LogP contribution in [0.5, 0.6) is 17.2 Å². The van der Waals surface area contributed by atoms with E-state index in [9.17, 15) is 4.79 Å². The van der Waals surface area contributed by atoms with E-state index in [2.05, 4.69) is 0 Å². The first-order chi connectivity index (χ1) is 8.17. The smallest absolute Gasteiger partial charge is 0.203 e. The normalized spacial score (nSPS) is 9.88. The van der Waals surface area contributed by atoms with E-state index in [1.165, 1.54) is 21.3 Å². The third-order valence-electron chi connectivity index (χ3n) is 2.33. The van der Waals surface area contributed by atoms with Crippen LogP contribution in [-0.2, 0) is 0 Å². The summed E-state index contributed by atoms with van der Waals surface area (Å²) in [7, 11) is 4.46. The molecule has 17 heavy (non-hydrogen) atoms. The largest absolute Gasteiger partial charge is 0.493 e. The van der Waals surface area contributed by atoms with Gasteiger partial charge in [-0.25, -0.2) is 0 Å². The maximum Gasteiger partial charge on any atom is 0.203 e. The topological polar surface area (TPSA) is 65.0 Å². The molecule has 0 aromatic heterocycles. The molecular formula is C12H16O5. The summed E-state index contributed by atoms with van der Waals surface area (Å²) in [5.74, 6) is 1.11. The maximum atomic E-state index is 11.7. The van der Waals surface area contributed by atoms with Gasteiger partial charge in [0, 0.05) is 12.0 Å². The Balaban J connectivity index is 3.22. The second-order valence-corrected chi connectivity index (χ2v) is 3.31. The number of Topliss-reactive ketones (excluding diaryl/α,β-unsaturated/α-hetero) is 1. The molecule has 0 amide bonds. The van der Waals surface area contributed by atoms with Crippen LogP contribution in [0.4, 0.5) is 0 Å². The van der Waals surface area contributed by atoms with E-state index in [0.29, 0.717) is 22.8 Å². The lowest BCUT2D eigenvalue weighted by Gasteiger charge is -2.13. The molecule has 0 atom stereocenters. The van der Waals surface area contributed by atoms with Crippen LogP contribution in [0.15, 0.2) is 12.1 Å². The Hall–Kier alpha value is -1.75. The van der Waals surface area contributed by atoms with E-state index in [0.717, 1.165) is 0 Å². The molecule has 0 aliphatic carbocycles. The summed E-state index contributed by atoms with van der Waals surface area (Å²) in [5.41, 5.74) is 0.425. The number of methoxy groups -OCH3 is 3. The zero-order chi connectivity index (χ0) is 12.8. The number of aliphatic hydroxyl groups excluding tert-OH is 1. The number of carbonyl (C=O) groups is 1. The van der Waals surface area contributed by atoms with Crippen LogP contribution in [-0.4, -0.2) is 38.8 Å². The van der Waals surface area contributed by atoms with Crippen molar-refractivity contribution in [2.75, 3.05) is 27.9 Å². The monoisotopic (exact) mass is 240 g/mol. The molecule has 0 heterocycles. The predicted octanol–water partition coefficient (Wildman–Crippen LogP) is 1.28. The fourth-order valence-electron chi connectivity index (χ4n) is 1.49. The molecular weight excluding hydrogens is 224 g/mol. The van der Waals surface area contributed by atoms with Crippen LogP contribution >= 0.6 is 0 Å². The van der Waals surface area contributed by atoms with Gasteiger partial charge in [-0.15, -0.1) is 0 Å². The minimum Gasteiger partial charge on any atom is -0.493 e. The Kier molecular flexibility index (Phi) is 4.78. The molecule has 0 aliphatic heterocycles. The molecule has 94 valence electrons. The van der Waals surface area contributed by atoms with Gasteiger partial charge in [-0.2, -0.15) is 0 Å². The van der Waals surface area contributed by atoms with Gasteiger partial charge in [0.05, 0.1) is 27.9 Å². The number of carbonyl (C=O) groups excluding carboxylic acids is 1. The van der Waals surface area contributed by atoms with Gasteiger partial charge >= 0.3 is 0 Å². The van der Waals surface area contributed by atoms with Crippen molar-refractivity contribution in [1.29, 1.82) is 0 Å². The van der Waals surface area contributed by atoms with Gasteiger partial charge in [0.15, 0.2) is 17.3 Å². The van der Waals surface area contributed by atoms with Crippen LogP contribution in [0.1, 0.15) is 16.8 Å². The quantitative estimate of drug-likeness (QED) is 0.759. The van der Waals surface area contributed by atoms with Gasteiger partial charge in [-0.3, -0.25) is 4.79 Å². The molecule has 0 saturated heterocycles. The fraction of sp³-hybridized carbons (Fsp3) is 0.417. The predicted molar refractivity (Wildman–Crippen MR) is 62.1 cm³/mol. The first kappa shape index (κ1) is 13.3. The van der Waals surface area contributed by atoms with E-state index >= 15 is 0 Å². The second-order valence-electron chi connectivity index (χ2n) is 3.31. The standard InChI is InChI=1S/C12H16O5/c1-15-10-6-8(9(14)4-5-13)7-11(16-2)12(10)17-3/h6-7,13H,4-5H2,1-3H3. The highest BCUT2D eigenvalue weighted by molar-refractivity contribution is 5.97. The molecule has 0 fully saturated rings. The van der Waals surface area contributed by atoms with Crippen molar-refractivity contribution in [3.63, 3.8) is 0 Å². The Morgan fingerprint density at radius 3 is 2.00 bits per heavy atom. The Labute approximate surface area is 99.9 Å². The lowest BCUT2D eigenvalue weighted by atomic mass is 10.1. The number of rotatable bonds is 6. The molecule has 0 radical (unpaired) electrons. The molecule has 0 spiro atoms. The van der Waals surface area contributed by atoms with Gasteiger partial charge in [0.1, 0.15) is 0 Å². The van der Waals surface area contributed by atoms with Crippen LogP contribution in [0, 0.1) is 0 Å². The van der Waals surface area contributed by atoms with E-state index in [1.807, 2.05) is 0 Å². The first-order valence-electron chi connectivity index (χ1n) is 5.12. The zero-order valence-corrected chi connectivity index (χ0v) is 10.1. The summed E-state index contributed by atoms with van der Waals surface area (Å²) < 4.78 is 15.4. The van der Waals surface area contributed by atoms with Crippen molar-refractivity contribution in [2.24, 2.45) is 0 Å². The van der Waals surface area contributed by atoms with Gasteiger partial charge in [0.25, 0.3) is 0 Å². The highest BCUT2D eigenvalue weighted by Crippen LogP contribution is 2.38. The number of ether oxygens (including phenoxy) is 3. The van der Waals surface area contributed by atoms with Gasteiger partial charge in [-0.1, -0.05) is 0 Å². The van der Waals surface area contributed by atoms with Crippen LogP contribution in [0.25, 0.3) is 0 Å². The Morgan fingerprint density at radius 1 is 1.12 bits per heavy atom. The summed E-state index contributed by atoms with van der Waals surface area (Å²) >= 11 is 0. The molecule has 0 saturated carbocycles. The molecule has 1 aromatic rings. The van der Waals surface area contributed by atoms with Crippen molar-refractivity contribution in [3.8, 4) is 17.2 Å². The van der Waals surface area contributed by atoms with Gasteiger partial charge in [0.2, 0.25) is 5.75 Å². The lowest BCUT2D eigenvalue weighted by molar-refractivity contribution is 0.0956. The van der Waals surface area contributed by atoms with Crippen LogP contribution < -0.4 is 14.2 Å². The van der Waals surface area contributed by atoms with Crippen molar-refractivity contribution in [2.45, 2.75) is 6.42 Å². The summed E-state index contributed by atoms with van der Waals surface area (Å²) in [6.07, 6.45) is 0.0681. The first-order valence-corrected chi connectivity index (χ1v) is 5.12. The molecule has 1 aromatic carbocycles. The summed E-state index contributed by atoms with van der Waals surface area (Å²) in [4.78, 5) is 11.7. The number of hydrogen-bond donors (Lipinski definition) is 1. The van der Waals surface area contributed by atoms with Crippen molar-refractivity contribution in [1.82, 2.24) is 0 Å². The lowest BCUT2D eigenvalue weighted by Crippen LogP contribution is -2.04. The molecule has 0 bridgehead atoms. The highest BCUT2D eigenvalue weighted by atomic mass is 16.5. The highest BCUT2D eigenvalue weighted by Gasteiger charge is 2.16. The van der Waals surface area contributed by atoms with E-state index < -0.39 is 0 Å². The van der Waals surface area contributed by atoms with Crippen LogP contribution in [0.2, 0.25) is 0 Å². The average Bonchev–Trinajstić information content (AvgIpc) is 2.37. The SMILES string of the molecule is COc1cc(C(=O)CCO)cc(OC)c1OC. The Morgan fingerprint density at radius 2 is 1.65 bits per heavy atom. The molecule has 0 unspecified atom stereocenters. The van der Waals surface area contributed by atoms with E-state index in [-0.39, 0.29) is 18.8 Å². The van der Waals surface area contributed by atoms with Crippen molar-refractivity contribution < 1.29 is 24.1 Å². The van der Waals surface area contributed by atoms with Crippen molar-refractivity contribution >= 4 is 5.78 Å². The Bertz CT molecular complexity index is 375. The summed E-state index contributed by atoms with van der Waals surface area (Å²) in [6, 6.07) is 3.14. The zero-order valence-electron chi connectivity index (χ0n) is 10.1. The third-order valence-corrected chi connectivity index (χ3v) is 2.33. The minimum atomic E-state index is -0.185. The van der Waals surface area contributed by atoms with Gasteiger partial charge < -0.3 is 19.3 Å². The maximum absolute atomic E-state index is 11.7. The third kappa shape index (κ3) is 2.88. The van der Waals surface area contributed by atoms with Crippen molar-refractivity contribution in [3.05, 3.63) is 17.7 Å². The number of ketones is 1. The second kappa shape index (κ2) is 6.10. The average molecular weight is 240 g/mol. The molecule has 1 N–H and O–H groups in total. The molecule has 0 aliphatic rings. The fourth-order valence-corrected chi connectivity index (χ4v) is 1.49. The number of aliphatic hydroxyl groups is 1.